The summed E-state index contributed by atoms with van der Waals surface area (Å²) in [7, 11) is 0. The Morgan fingerprint density at radius 3 is 2.92 bits per heavy atom. The second-order valence-electron chi connectivity index (χ2n) is 3.02. The number of aromatic nitrogens is 2. The van der Waals surface area contributed by atoms with Crippen molar-refractivity contribution in [2.75, 3.05) is 0 Å². The number of alkyl halides is 1. The molecule has 12 heavy (non-hydrogen) atoms. The highest BCUT2D eigenvalue weighted by molar-refractivity contribution is 9.09. The van der Waals surface area contributed by atoms with Crippen LogP contribution in [0.2, 0.25) is 0 Å². The van der Waals surface area contributed by atoms with Gasteiger partial charge in [-0.15, -0.1) is 0 Å². The van der Waals surface area contributed by atoms with Crippen molar-refractivity contribution in [3.05, 3.63) is 18.0 Å². The van der Waals surface area contributed by atoms with Crippen LogP contribution in [0.5, 0.6) is 0 Å². The molecule has 0 aliphatic carbocycles. The molecule has 1 atom stereocenters. The molecule has 1 aromatic heterocycles. The summed E-state index contributed by atoms with van der Waals surface area (Å²) in [4.78, 5) is 0.600. The second kappa shape index (κ2) is 4.65. The third-order valence-corrected chi connectivity index (χ3v) is 2.30. The van der Waals surface area contributed by atoms with Gasteiger partial charge in [0, 0.05) is 17.6 Å². The smallest absolute Gasteiger partial charge is 0.0521 e. The first kappa shape index (κ1) is 9.78. The van der Waals surface area contributed by atoms with Gasteiger partial charge in [0.2, 0.25) is 0 Å². The van der Waals surface area contributed by atoms with Gasteiger partial charge >= 0.3 is 0 Å². The van der Waals surface area contributed by atoms with E-state index in [0.29, 0.717) is 4.83 Å². The highest BCUT2D eigenvalue weighted by atomic mass is 79.9. The Labute approximate surface area is 82.1 Å². The summed E-state index contributed by atoms with van der Waals surface area (Å²) in [5, 5.41) is 4.21. The average Bonchev–Trinajstić information content (AvgIpc) is 2.48. The molecule has 0 spiro atoms. The standard InChI is InChI=1S/C9H15BrN2/c1-3-12-7-9(6-11-12)5-4-8(2)10/h6-8H,3-5H2,1-2H3. The fourth-order valence-corrected chi connectivity index (χ4v) is 1.30. The fraction of sp³-hybridized carbons (Fsp3) is 0.667. The van der Waals surface area contributed by atoms with Crippen molar-refractivity contribution in [1.29, 1.82) is 0 Å². The Bertz CT molecular complexity index is 230. The minimum atomic E-state index is 0.600. The maximum Gasteiger partial charge on any atom is 0.0521 e. The predicted octanol–water partition coefficient (Wildman–Crippen LogP) is 2.62. The van der Waals surface area contributed by atoms with Gasteiger partial charge in [0.1, 0.15) is 0 Å². The Morgan fingerprint density at radius 2 is 2.42 bits per heavy atom. The lowest BCUT2D eigenvalue weighted by Crippen LogP contribution is -1.94. The molecule has 1 unspecified atom stereocenters. The van der Waals surface area contributed by atoms with Crippen LogP contribution in [0, 0.1) is 0 Å². The van der Waals surface area contributed by atoms with E-state index in [1.165, 1.54) is 12.0 Å². The molecule has 2 nitrogen and oxygen atoms in total. The maximum absolute atomic E-state index is 4.21. The molecule has 0 saturated carbocycles. The number of hydrogen-bond donors (Lipinski definition) is 0. The fourth-order valence-electron chi connectivity index (χ4n) is 1.07. The normalized spacial score (nSPS) is 13.2. The molecule has 0 amide bonds. The molecule has 0 aromatic carbocycles. The Balaban J connectivity index is 2.41. The van der Waals surface area contributed by atoms with Crippen LogP contribution in [0.15, 0.2) is 12.4 Å². The molecule has 0 bridgehead atoms. The summed E-state index contributed by atoms with van der Waals surface area (Å²) < 4.78 is 1.97. The van der Waals surface area contributed by atoms with Crippen LogP contribution in [0.4, 0.5) is 0 Å². The lowest BCUT2D eigenvalue weighted by atomic mass is 10.2. The lowest BCUT2D eigenvalue weighted by Gasteiger charge is -1.99. The lowest BCUT2D eigenvalue weighted by molar-refractivity contribution is 0.658. The molecular weight excluding hydrogens is 216 g/mol. The Kier molecular flexibility index (Phi) is 3.79. The molecule has 0 fully saturated rings. The molecule has 1 aromatic rings. The topological polar surface area (TPSA) is 17.8 Å². The van der Waals surface area contributed by atoms with Crippen LogP contribution in [0.25, 0.3) is 0 Å². The van der Waals surface area contributed by atoms with Crippen LogP contribution in [-0.4, -0.2) is 14.6 Å². The van der Waals surface area contributed by atoms with Crippen LogP contribution >= 0.6 is 15.9 Å². The van der Waals surface area contributed by atoms with Gasteiger partial charge in [-0.1, -0.05) is 22.9 Å². The molecule has 3 heteroatoms. The SMILES string of the molecule is CCn1cc(CCC(C)Br)cn1. The van der Waals surface area contributed by atoms with Crippen LogP contribution in [-0.2, 0) is 13.0 Å². The van der Waals surface area contributed by atoms with E-state index in [2.05, 4.69) is 41.1 Å². The molecule has 0 N–H and O–H groups in total. The van der Waals surface area contributed by atoms with Gasteiger partial charge in [-0.05, 0) is 25.3 Å². The van der Waals surface area contributed by atoms with Crippen LogP contribution in [0.1, 0.15) is 25.8 Å². The van der Waals surface area contributed by atoms with E-state index in [9.17, 15) is 0 Å². The van der Waals surface area contributed by atoms with E-state index in [4.69, 9.17) is 0 Å². The van der Waals surface area contributed by atoms with Crippen LogP contribution in [0.3, 0.4) is 0 Å². The second-order valence-corrected chi connectivity index (χ2v) is 4.59. The number of rotatable bonds is 4. The third kappa shape index (κ3) is 2.97. The zero-order chi connectivity index (χ0) is 8.97. The first-order valence-electron chi connectivity index (χ1n) is 4.37. The molecule has 0 saturated heterocycles. The highest BCUT2D eigenvalue weighted by Gasteiger charge is 1.99. The maximum atomic E-state index is 4.21. The minimum Gasteiger partial charge on any atom is -0.273 e. The van der Waals surface area contributed by atoms with E-state index < -0.39 is 0 Å². The van der Waals surface area contributed by atoms with Gasteiger partial charge in [-0.3, -0.25) is 4.68 Å². The van der Waals surface area contributed by atoms with E-state index in [0.717, 1.165) is 13.0 Å². The van der Waals surface area contributed by atoms with Crippen molar-refractivity contribution in [1.82, 2.24) is 9.78 Å². The zero-order valence-electron chi connectivity index (χ0n) is 7.63. The number of aryl methyl sites for hydroxylation is 2. The van der Waals surface area contributed by atoms with Gasteiger partial charge < -0.3 is 0 Å². The molecule has 1 heterocycles. The van der Waals surface area contributed by atoms with Crippen molar-refractivity contribution in [3.63, 3.8) is 0 Å². The molecule has 1 rings (SSSR count). The largest absolute Gasteiger partial charge is 0.273 e. The van der Waals surface area contributed by atoms with Gasteiger partial charge in [0.25, 0.3) is 0 Å². The number of halogens is 1. The van der Waals surface area contributed by atoms with Crippen molar-refractivity contribution >= 4 is 15.9 Å². The highest BCUT2D eigenvalue weighted by Crippen LogP contribution is 2.09. The van der Waals surface area contributed by atoms with Gasteiger partial charge in [0.15, 0.2) is 0 Å². The van der Waals surface area contributed by atoms with Crippen molar-refractivity contribution in [2.45, 2.75) is 38.1 Å². The number of hydrogen-bond acceptors (Lipinski definition) is 1. The molecule has 0 radical (unpaired) electrons. The van der Waals surface area contributed by atoms with E-state index in [1.807, 2.05) is 10.9 Å². The monoisotopic (exact) mass is 230 g/mol. The summed E-state index contributed by atoms with van der Waals surface area (Å²) >= 11 is 3.53. The Hall–Kier alpha value is -0.310. The van der Waals surface area contributed by atoms with E-state index in [-0.39, 0.29) is 0 Å². The minimum absolute atomic E-state index is 0.600. The third-order valence-electron chi connectivity index (χ3n) is 1.84. The van der Waals surface area contributed by atoms with Gasteiger partial charge in [0.05, 0.1) is 6.20 Å². The van der Waals surface area contributed by atoms with E-state index in [1.54, 1.807) is 0 Å². The summed E-state index contributed by atoms with van der Waals surface area (Å²) in [5.41, 5.74) is 1.34. The molecule has 0 aliphatic heterocycles. The van der Waals surface area contributed by atoms with Gasteiger partial charge in [-0.25, -0.2) is 0 Å². The van der Waals surface area contributed by atoms with Crippen molar-refractivity contribution < 1.29 is 0 Å². The number of nitrogens with zero attached hydrogens (tertiary/aromatic N) is 2. The van der Waals surface area contributed by atoms with E-state index >= 15 is 0 Å². The van der Waals surface area contributed by atoms with Crippen molar-refractivity contribution in [2.24, 2.45) is 0 Å². The molecular formula is C9H15BrN2. The Morgan fingerprint density at radius 1 is 1.67 bits per heavy atom. The quantitative estimate of drug-likeness (QED) is 0.728. The summed E-state index contributed by atoms with van der Waals surface area (Å²) in [6.45, 7) is 5.23. The zero-order valence-corrected chi connectivity index (χ0v) is 9.21. The molecule has 0 aliphatic rings. The summed E-state index contributed by atoms with van der Waals surface area (Å²) in [6, 6.07) is 0. The summed E-state index contributed by atoms with van der Waals surface area (Å²) in [6.07, 6.45) is 6.37. The predicted molar refractivity (Wildman–Crippen MR) is 54.6 cm³/mol. The first-order chi connectivity index (χ1) is 5.72. The first-order valence-corrected chi connectivity index (χ1v) is 5.29. The van der Waals surface area contributed by atoms with Crippen LogP contribution < -0.4 is 0 Å². The average molecular weight is 231 g/mol. The molecule has 68 valence electrons. The van der Waals surface area contributed by atoms with Crippen molar-refractivity contribution in [3.8, 4) is 0 Å². The van der Waals surface area contributed by atoms with Gasteiger partial charge in [-0.2, -0.15) is 5.10 Å². The summed E-state index contributed by atoms with van der Waals surface area (Å²) in [5.74, 6) is 0.